The minimum atomic E-state index is 0.287. The van der Waals surface area contributed by atoms with Crippen LogP contribution in [-0.4, -0.2) is 12.4 Å². The molecule has 0 aromatic heterocycles. The van der Waals surface area contributed by atoms with Crippen LogP contribution in [0.5, 0.6) is 0 Å². The zero-order chi connectivity index (χ0) is 6.69. The molecule has 1 rings (SSSR count). The molecule has 0 radical (unpaired) electrons. The lowest BCUT2D eigenvalue weighted by molar-refractivity contribution is 0.999. The highest BCUT2D eigenvalue weighted by atomic mass is 15.1. The quantitative estimate of drug-likeness (QED) is 0.446. The molecule has 0 saturated heterocycles. The van der Waals surface area contributed by atoms with E-state index in [9.17, 15) is 0 Å². The Bertz CT molecular complexity index is 207. The van der Waals surface area contributed by atoms with Crippen LogP contribution in [0.4, 0.5) is 0 Å². The van der Waals surface area contributed by atoms with Crippen LogP contribution in [0.3, 0.4) is 0 Å². The van der Waals surface area contributed by atoms with Gasteiger partial charge in [-0.1, -0.05) is 0 Å². The second-order valence-electron chi connectivity index (χ2n) is 1.59. The summed E-state index contributed by atoms with van der Waals surface area (Å²) in [5, 5.41) is 10.9. The normalized spacial score (nSPS) is 16.8. The van der Waals surface area contributed by atoms with Gasteiger partial charge in [0.15, 0.2) is 0 Å². The summed E-state index contributed by atoms with van der Waals surface area (Å²) in [6.07, 6.45) is 1.71. The monoisotopic (exact) mass is 122 g/mol. The Morgan fingerprint density at radius 3 is 3.11 bits per heavy atom. The summed E-state index contributed by atoms with van der Waals surface area (Å²) in [6.45, 7) is 0.502. The highest BCUT2D eigenvalue weighted by molar-refractivity contribution is 5.98. The molecule has 0 aromatic rings. The molecule has 0 atom stereocenters. The molecule has 4 heteroatoms. The van der Waals surface area contributed by atoms with Gasteiger partial charge in [-0.15, -0.1) is 0 Å². The first kappa shape index (κ1) is 5.63. The lowest BCUT2D eigenvalue weighted by Gasteiger charge is -2.06. The van der Waals surface area contributed by atoms with Gasteiger partial charge in [0, 0.05) is 0 Å². The lowest BCUT2D eigenvalue weighted by Crippen LogP contribution is -2.29. The van der Waals surface area contributed by atoms with E-state index in [0.717, 1.165) is 0 Å². The lowest BCUT2D eigenvalue weighted by atomic mass is 10.4. The Morgan fingerprint density at radius 1 is 1.89 bits per heavy atom. The van der Waals surface area contributed by atoms with Crippen molar-refractivity contribution in [2.45, 2.75) is 0 Å². The number of rotatable bonds is 0. The molecule has 4 nitrogen and oxygen atoms in total. The highest BCUT2D eigenvalue weighted by Gasteiger charge is 2.00. The number of aliphatic imine (C=N–C) groups is 1. The van der Waals surface area contributed by atoms with Gasteiger partial charge in [0.05, 0.1) is 12.4 Å². The van der Waals surface area contributed by atoms with E-state index in [0.29, 0.717) is 12.4 Å². The minimum absolute atomic E-state index is 0.287. The molecule has 0 amide bonds. The van der Waals surface area contributed by atoms with Crippen molar-refractivity contribution in [2.75, 3.05) is 6.54 Å². The van der Waals surface area contributed by atoms with Crippen LogP contribution >= 0.6 is 0 Å². The molecule has 1 aliphatic rings. The number of nitrogens with zero attached hydrogens (tertiary/aromatic N) is 2. The van der Waals surface area contributed by atoms with Gasteiger partial charge >= 0.3 is 0 Å². The fraction of sp³-hybridized carbons (Fsp3) is 0.200. The van der Waals surface area contributed by atoms with Gasteiger partial charge in [-0.25, -0.2) is 0 Å². The second-order valence-corrected chi connectivity index (χ2v) is 1.59. The third-order valence-corrected chi connectivity index (χ3v) is 0.929. The third kappa shape index (κ3) is 1.19. The first-order valence-electron chi connectivity index (χ1n) is 2.50. The van der Waals surface area contributed by atoms with Crippen molar-refractivity contribution in [2.24, 2.45) is 10.7 Å². The van der Waals surface area contributed by atoms with Crippen molar-refractivity contribution >= 4 is 5.84 Å². The maximum absolute atomic E-state index is 8.28. The van der Waals surface area contributed by atoms with Crippen molar-refractivity contribution < 1.29 is 0 Å². The Hall–Kier alpha value is -1.50. The summed E-state index contributed by atoms with van der Waals surface area (Å²) in [6, 6.07) is 1.85. The fourth-order valence-corrected chi connectivity index (χ4v) is 0.526. The molecule has 3 N–H and O–H groups in total. The minimum Gasteiger partial charge on any atom is -0.385 e. The van der Waals surface area contributed by atoms with Gasteiger partial charge in [-0.3, -0.25) is 4.99 Å². The topological polar surface area (TPSA) is 74.2 Å². The van der Waals surface area contributed by atoms with Crippen LogP contribution in [-0.2, 0) is 0 Å². The molecule has 46 valence electrons. The van der Waals surface area contributed by atoms with Gasteiger partial charge in [-0.05, 0) is 6.08 Å². The molecule has 1 aliphatic heterocycles. The average molecular weight is 122 g/mol. The van der Waals surface area contributed by atoms with E-state index in [2.05, 4.69) is 10.3 Å². The zero-order valence-corrected chi connectivity index (χ0v) is 4.76. The van der Waals surface area contributed by atoms with E-state index in [1.165, 1.54) is 0 Å². The number of hydrogen-bond donors (Lipinski definition) is 2. The van der Waals surface area contributed by atoms with Crippen LogP contribution in [0.15, 0.2) is 16.9 Å². The van der Waals surface area contributed by atoms with Gasteiger partial charge in [0.25, 0.3) is 0 Å². The van der Waals surface area contributed by atoms with E-state index in [1.807, 2.05) is 6.07 Å². The van der Waals surface area contributed by atoms with Crippen LogP contribution in [0.1, 0.15) is 0 Å². The molecule has 1 heterocycles. The van der Waals surface area contributed by atoms with E-state index in [-0.39, 0.29) is 5.84 Å². The molecule has 0 aliphatic carbocycles. The summed E-state index contributed by atoms with van der Waals surface area (Å²) in [7, 11) is 0. The molecular formula is C5H6N4. The molecule has 9 heavy (non-hydrogen) atoms. The predicted octanol–water partition coefficient (Wildman–Crippen LogP) is -0.688. The molecular weight excluding hydrogens is 116 g/mol. The van der Waals surface area contributed by atoms with E-state index >= 15 is 0 Å². The summed E-state index contributed by atoms with van der Waals surface area (Å²) in [5.74, 6) is 0.788. The van der Waals surface area contributed by atoms with Crippen LogP contribution in [0.2, 0.25) is 0 Å². The van der Waals surface area contributed by atoms with Crippen molar-refractivity contribution in [3.05, 3.63) is 11.9 Å². The van der Waals surface area contributed by atoms with Crippen LogP contribution in [0, 0.1) is 11.3 Å². The second kappa shape index (κ2) is 2.18. The summed E-state index contributed by atoms with van der Waals surface area (Å²) >= 11 is 0. The van der Waals surface area contributed by atoms with Gasteiger partial charge in [0.1, 0.15) is 6.07 Å². The SMILES string of the molecule is N#CC1=NCC=C(N)N1. The van der Waals surface area contributed by atoms with Crippen molar-refractivity contribution in [1.29, 1.82) is 5.26 Å². The molecule has 0 fully saturated rings. The van der Waals surface area contributed by atoms with Crippen molar-refractivity contribution in [3.8, 4) is 6.07 Å². The molecule has 0 spiro atoms. The third-order valence-electron chi connectivity index (χ3n) is 0.929. The number of nitrogens with one attached hydrogen (secondary N) is 1. The molecule has 0 bridgehead atoms. The highest BCUT2D eigenvalue weighted by Crippen LogP contribution is 1.87. The maximum atomic E-state index is 8.28. The predicted molar refractivity (Wildman–Crippen MR) is 33.3 cm³/mol. The van der Waals surface area contributed by atoms with Gasteiger partial charge in [-0.2, -0.15) is 5.26 Å². The van der Waals surface area contributed by atoms with Crippen LogP contribution < -0.4 is 11.1 Å². The molecule has 0 aromatic carbocycles. The molecule has 0 unspecified atom stereocenters. The van der Waals surface area contributed by atoms with Gasteiger partial charge in [0.2, 0.25) is 5.84 Å². The van der Waals surface area contributed by atoms with E-state index in [1.54, 1.807) is 6.08 Å². The fourth-order valence-electron chi connectivity index (χ4n) is 0.526. The van der Waals surface area contributed by atoms with E-state index < -0.39 is 0 Å². The van der Waals surface area contributed by atoms with Gasteiger partial charge < -0.3 is 11.1 Å². The number of hydrogen-bond acceptors (Lipinski definition) is 4. The van der Waals surface area contributed by atoms with Crippen molar-refractivity contribution in [1.82, 2.24) is 5.32 Å². The Labute approximate surface area is 52.7 Å². The number of nitrogens with two attached hydrogens (primary N) is 1. The Balaban J connectivity index is 2.65. The number of nitriles is 1. The first-order valence-corrected chi connectivity index (χ1v) is 2.50. The molecule has 0 saturated carbocycles. The summed E-state index contributed by atoms with van der Waals surface area (Å²) in [5.41, 5.74) is 5.32. The summed E-state index contributed by atoms with van der Waals surface area (Å²) in [4.78, 5) is 3.79. The number of amidine groups is 1. The maximum Gasteiger partial charge on any atom is 0.207 e. The Kier molecular flexibility index (Phi) is 1.36. The van der Waals surface area contributed by atoms with E-state index in [4.69, 9.17) is 11.0 Å². The first-order chi connectivity index (χ1) is 4.33. The standard InChI is InChI=1S/C5H6N4/c6-3-5-8-2-1-4(7)9-5/h1H,2,7H2,(H,8,9). The largest absolute Gasteiger partial charge is 0.385 e. The smallest absolute Gasteiger partial charge is 0.207 e. The Morgan fingerprint density at radius 2 is 2.67 bits per heavy atom. The zero-order valence-electron chi connectivity index (χ0n) is 4.76. The summed E-state index contributed by atoms with van der Waals surface area (Å²) < 4.78 is 0. The average Bonchev–Trinajstić information content (AvgIpc) is 1.88. The van der Waals surface area contributed by atoms with Crippen LogP contribution in [0.25, 0.3) is 0 Å². The van der Waals surface area contributed by atoms with Crippen molar-refractivity contribution in [3.63, 3.8) is 0 Å².